The molecule has 0 unspecified atom stereocenters. The van der Waals surface area contributed by atoms with Crippen LogP contribution in [-0.2, 0) is 6.61 Å². The van der Waals surface area contributed by atoms with Crippen LogP contribution in [0.4, 0.5) is 0 Å². The molecule has 0 heterocycles. The van der Waals surface area contributed by atoms with E-state index in [4.69, 9.17) is 14.2 Å². The number of methoxy groups -OCH3 is 2. The number of nitriles is 1. The van der Waals surface area contributed by atoms with Gasteiger partial charge in [-0.05, 0) is 22.8 Å². The Kier molecular flexibility index (Phi) is 5.93. The number of nitrogens with zero attached hydrogens (tertiary/aromatic N) is 1. The normalized spacial score (nSPS) is 10.0. The summed E-state index contributed by atoms with van der Waals surface area (Å²) in [6, 6.07) is 20.8. The summed E-state index contributed by atoms with van der Waals surface area (Å²) >= 11 is 0. The molecule has 3 rings (SSSR count). The summed E-state index contributed by atoms with van der Waals surface area (Å²) < 4.78 is 16.5. The number of hydrogen-bond acceptors (Lipinski definition) is 5. The first kappa shape index (κ1) is 19.0. The molecule has 3 aromatic carbocycles. The van der Waals surface area contributed by atoms with Gasteiger partial charge < -0.3 is 14.2 Å². The third-order valence-electron chi connectivity index (χ3n) is 4.38. The van der Waals surface area contributed by atoms with E-state index in [1.165, 1.54) is 14.2 Å². The van der Waals surface area contributed by atoms with Gasteiger partial charge in [0, 0.05) is 12.1 Å². The minimum Gasteiger partial charge on any atom is -0.496 e. The van der Waals surface area contributed by atoms with Gasteiger partial charge in [-0.3, -0.25) is 4.79 Å². The third kappa shape index (κ3) is 3.81. The van der Waals surface area contributed by atoms with Crippen LogP contribution in [0.5, 0.6) is 17.2 Å². The molecular formula is C23H19NO4. The average Bonchev–Trinajstić information content (AvgIpc) is 2.76. The molecule has 28 heavy (non-hydrogen) atoms. The van der Waals surface area contributed by atoms with Crippen LogP contribution in [0.1, 0.15) is 21.5 Å². The molecule has 0 atom stereocenters. The zero-order valence-electron chi connectivity index (χ0n) is 15.6. The minimum atomic E-state index is 0.280. The molecule has 0 aliphatic rings. The molecule has 0 saturated heterocycles. The van der Waals surface area contributed by atoms with E-state index in [0.717, 1.165) is 16.7 Å². The smallest absolute Gasteiger partial charge is 0.157 e. The van der Waals surface area contributed by atoms with Gasteiger partial charge in [0.2, 0.25) is 0 Å². The summed E-state index contributed by atoms with van der Waals surface area (Å²) in [7, 11) is 2.97. The molecule has 3 aromatic rings. The Balaban J connectivity index is 1.93. The van der Waals surface area contributed by atoms with E-state index < -0.39 is 0 Å². The van der Waals surface area contributed by atoms with E-state index in [1.54, 1.807) is 18.2 Å². The molecule has 5 heteroatoms. The van der Waals surface area contributed by atoms with Crippen molar-refractivity contribution in [3.05, 3.63) is 77.4 Å². The van der Waals surface area contributed by atoms with E-state index >= 15 is 0 Å². The van der Waals surface area contributed by atoms with Crippen molar-refractivity contribution in [3.8, 4) is 34.4 Å². The highest BCUT2D eigenvalue weighted by molar-refractivity contribution is 5.84. The Labute approximate surface area is 163 Å². The van der Waals surface area contributed by atoms with Crippen LogP contribution >= 0.6 is 0 Å². The van der Waals surface area contributed by atoms with Gasteiger partial charge in [0.25, 0.3) is 0 Å². The maximum atomic E-state index is 11.3. The number of carbonyl (C=O) groups excluding carboxylic acids is 1. The number of carbonyl (C=O) groups is 1. The van der Waals surface area contributed by atoms with Crippen LogP contribution < -0.4 is 14.2 Å². The summed E-state index contributed by atoms with van der Waals surface area (Å²) in [4.78, 5) is 11.3. The first-order valence-electron chi connectivity index (χ1n) is 8.63. The highest BCUT2D eigenvalue weighted by Gasteiger charge is 2.14. The minimum absolute atomic E-state index is 0.280. The van der Waals surface area contributed by atoms with Gasteiger partial charge in [-0.2, -0.15) is 5.26 Å². The van der Waals surface area contributed by atoms with Crippen molar-refractivity contribution in [2.45, 2.75) is 6.61 Å². The number of hydrogen-bond donors (Lipinski definition) is 0. The highest BCUT2D eigenvalue weighted by atomic mass is 16.5. The first-order chi connectivity index (χ1) is 13.7. The topological polar surface area (TPSA) is 68.6 Å². The number of benzene rings is 3. The predicted molar refractivity (Wildman–Crippen MR) is 106 cm³/mol. The average molecular weight is 373 g/mol. The van der Waals surface area contributed by atoms with Crippen LogP contribution in [0.3, 0.4) is 0 Å². The predicted octanol–water partition coefficient (Wildman–Crippen LogP) is 4.63. The Morgan fingerprint density at radius 3 is 2.14 bits per heavy atom. The van der Waals surface area contributed by atoms with E-state index in [2.05, 4.69) is 6.07 Å². The molecule has 0 aliphatic carbocycles. The number of ether oxygens (including phenoxy) is 3. The van der Waals surface area contributed by atoms with Crippen LogP contribution in [-0.4, -0.2) is 20.5 Å². The molecule has 0 spiro atoms. The Hall–Kier alpha value is -3.78. The summed E-state index contributed by atoms with van der Waals surface area (Å²) in [5.74, 6) is 1.28. The summed E-state index contributed by atoms with van der Waals surface area (Å²) in [6.07, 6.45) is 0.690. The van der Waals surface area contributed by atoms with Crippen LogP contribution in [0.2, 0.25) is 0 Å². The third-order valence-corrected chi connectivity index (χ3v) is 4.38. The lowest BCUT2D eigenvalue weighted by molar-refractivity contribution is 0.111. The second-order valence-corrected chi connectivity index (χ2v) is 5.96. The Morgan fingerprint density at radius 2 is 1.54 bits per heavy atom. The van der Waals surface area contributed by atoms with Crippen molar-refractivity contribution >= 4 is 6.29 Å². The van der Waals surface area contributed by atoms with E-state index in [0.29, 0.717) is 34.7 Å². The Bertz CT molecular complexity index is 1010. The van der Waals surface area contributed by atoms with Crippen LogP contribution in [0, 0.1) is 11.3 Å². The maximum absolute atomic E-state index is 11.3. The van der Waals surface area contributed by atoms with Gasteiger partial charge in [0.1, 0.15) is 23.9 Å². The molecule has 5 nitrogen and oxygen atoms in total. The standard InChI is InChI=1S/C23H19NO4/c1-26-22-11-18(12-23(27-2)21(22)14-25)28-15-17-8-4-6-10-20(17)19-9-5-3-7-16(19)13-24/h3-12,14H,15H2,1-2H3. The van der Waals surface area contributed by atoms with Crippen molar-refractivity contribution in [2.24, 2.45) is 0 Å². The van der Waals surface area contributed by atoms with Gasteiger partial charge in [0.05, 0.1) is 31.4 Å². The molecule has 140 valence electrons. The fourth-order valence-corrected chi connectivity index (χ4v) is 3.00. The van der Waals surface area contributed by atoms with Crippen molar-refractivity contribution in [1.29, 1.82) is 5.26 Å². The second kappa shape index (κ2) is 8.74. The molecule has 0 aliphatic heterocycles. The van der Waals surface area contributed by atoms with Gasteiger partial charge in [-0.1, -0.05) is 42.5 Å². The van der Waals surface area contributed by atoms with Crippen molar-refractivity contribution < 1.29 is 19.0 Å². The number of aldehydes is 1. The molecule has 0 fully saturated rings. The largest absolute Gasteiger partial charge is 0.496 e. The quantitative estimate of drug-likeness (QED) is 0.565. The second-order valence-electron chi connectivity index (χ2n) is 5.96. The van der Waals surface area contributed by atoms with Gasteiger partial charge >= 0.3 is 0 Å². The van der Waals surface area contributed by atoms with E-state index in [-0.39, 0.29) is 6.61 Å². The maximum Gasteiger partial charge on any atom is 0.157 e. The Morgan fingerprint density at radius 1 is 0.929 bits per heavy atom. The van der Waals surface area contributed by atoms with Crippen molar-refractivity contribution in [2.75, 3.05) is 14.2 Å². The molecule has 0 radical (unpaired) electrons. The van der Waals surface area contributed by atoms with E-state index in [1.807, 2.05) is 42.5 Å². The molecular weight excluding hydrogens is 354 g/mol. The molecule has 0 aromatic heterocycles. The fourth-order valence-electron chi connectivity index (χ4n) is 3.00. The van der Waals surface area contributed by atoms with Crippen LogP contribution in [0.15, 0.2) is 60.7 Å². The van der Waals surface area contributed by atoms with E-state index in [9.17, 15) is 10.1 Å². The molecule has 0 amide bonds. The fraction of sp³-hybridized carbons (Fsp3) is 0.130. The highest BCUT2D eigenvalue weighted by Crippen LogP contribution is 2.34. The van der Waals surface area contributed by atoms with Crippen molar-refractivity contribution in [3.63, 3.8) is 0 Å². The van der Waals surface area contributed by atoms with Gasteiger partial charge in [-0.15, -0.1) is 0 Å². The molecule has 0 saturated carbocycles. The summed E-state index contributed by atoms with van der Waals surface area (Å²) in [5.41, 5.74) is 3.66. The van der Waals surface area contributed by atoms with Gasteiger partial charge in [0.15, 0.2) is 6.29 Å². The van der Waals surface area contributed by atoms with Gasteiger partial charge in [-0.25, -0.2) is 0 Å². The lowest BCUT2D eigenvalue weighted by Crippen LogP contribution is -2.01. The molecule has 0 N–H and O–H groups in total. The lowest BCUT2D eigenvalue weighted by Gasteiger charge is -2.15. The summed E-state index contributed by atoms with van der Waals surface area (Å²) in [6.45, 7) is 0.280. The SMILES string of the molecule is COc1cc(OCc2ccccc2-c2ccccc2C#N)cc(OC)c1C=O. The zero-order valence-corrected chi connectivity index (χ0v) is 15.6. The first-order valence-corrected chi connectivity index (χ1v) is 8.63. The van der Waals surface area contributed by atoms with Crippen molar-refractivity contribution in [1.82, 2.24) is 0 Å². The summed E-state index contributed by atoms with van der Waals surface area (Å²) in [5, 5.41) is 9.41. The number of rotatable bonds is 7. The zero-order chi connectivity index (χ0) is 19.9. The monoisotopic (exact) mass is 373 g/mol. The van der Waals surface area contributed by atoms with Crippen LogP contribution in [0.25, 0.3) is 11.1 Å². The molecule has 0 bridgehead atoms. The lowest BCUT2D eigenvalue weighted by atomic mass is 9.96.